The van der Waals surface area contributed by atoms with E-state index in [1.54, 1.807) is 0 Å². The van der Waals surface area contributed by atoms with Gasteiger partial charge in [0.05, 0.1) is 7.11 Å². The van der Waals surface area contributed by atoms with E-state index >= 15 is 0 Å². The summed E-state index contributed by atoms with van der Waals surface area (Å²) in [5.74, 6) is -0.316. The quantitative estimate of drug-likeness (QED) is 0.812. The van der Waals surface area contributed by atoms with E-state index in [0.717, 1.165) is 6.07 Å². The molecule has 0 saturated heterocycles. The van der Waals surface area contributed by atoms with Crippen LogP contribution in [0.15, 0.2) is 18.2 Å². The Bertz CT molecular complexity index is 330. The standard InChI is InChI=1S/C8H8F3NO2.ClH/c1-13-5-3-2-4-6(7(5)12)14-8(9,10)11;/h2-4H,12H2,1H3;1H. The van der Waals surface area contributed by atoms with Gasteiger partial charge in [0.1, 0.15) is 11.4 Å². The third kappa shape index (κ3) is 3.75. The molecule has 0 aliphatic carbocycles. The molecule has 3 nitrogen and oxygen atoms in total. The molecule has 0 unspecified atom stereocenters. The summed E-state index contributed by atoms with van der Waals surface area (Å²) in [5, 5.41) is 0. The molecule has 1 aromatic carbocycles. The molecule has 15 heavy (non-hydrogen) atoms. The number of benzene rings is 1. The molecule has 0 amide bonds. The third-order valence-electron chi connectivity index (χ3n) is 1.47. The van der Waals surface area contributed by atoms with Crippen molar-refractivity contribution in [3.63, 3.8) is 0 Å². The highest BCUT2D eigenvalue weighted by Crippen LogP contribution is 2.34. The lowest BCUT2D eigenvalue weighted by Gasteiger charge is -2.12. The van der Waals surface area contributed by atoms with Crippen LogP contribution in [-0.2, 0) is 0 Å². The van der Waals surface area contributed by atoms with Crippen molar-refractivity contribution in [2.75, 3.05) is 12.8 Å². The molecule has 0 atom stereocenters. The SMILES string of the molecule is COc1cccc(OC(F)(F)F)c1N.Cl. The Labute approximate surface area is 90.4 Å². The fraction of sp³-hybridized carbons (Fsp3) is 0.250. The summed E-state index contributed by atoms with van der Waals surface area (Å²) in [6.07, 6.45) is -4.75. The minimum Gasteiger partial charge on any atom is -0.494 e. The molecular weight excluding hydrogens is 235 g/mol. The van der Waals surface area contributed by atoms with E-state index < -0.39 is 12.1 Å². The Kier molecular flexibility index (Phi) is 4.54. The highest BCUT2D eigenvalue weighted by atomic mass is 35.5. The number of nitrogen functional groups attached to an aromatic ring is 1. The van der Waals surface area contributed by atoms with Crippen molar-refractivity contribution in [1.82, 2.24) is 0 Å². The summed E-state index contributed by atoms with van der Waals surface area (Å²) < 4.78 is 43.9. The topological polar surface area (TPSA) is 44.5 Å². The summed E-state index contributed by atoms with van der Waals surface area (Å²) in [5.41, 5.74) is 5.18. The van der Waals surface area contributed by atoms with Crippen LogP contribution in [0.1, 0.15) is 0 Å². The zero-order chi connectivity index (χ0) is 10.8. The van der Waals surface area contributed by atoms with Gasteiger partial charge >= 0.3 is 6.36 Å². The number of alkyl halides is 3. The maximum Gasteiger partial charge on any atom is 0.573 e. The van der Waals surface area contributed by atoms with E-state index in [1.165, 1.54) is 19.2 Å². The van der Waals surface area contributed by atoms with Crippen molar-refractivity contribution in [3.05, 3.63) is 18.2 Å². The summed E-state index contributed by atoms with van der Waals surface area (Å²) in [6.45, 7) is 0. The van der Waals surface area contributed by atoms with Crippen LogP contribution in [0.4, 0.5) is 18.9 Å². The van der Waals surface area contributed by atoms with Gasteiger partial charge in [0.2, 0.25) is 0 Å². The maximum atomic E-state index is 11.8. The predicted molar refractivity (Wildman–Crippen MR) is 51.3 cm³/mol. The Hall–Kier alpha value is -1.30. The average Bonchev–Trinajstić information content (AvgIpc) is 2.06. The minimum atomic E-state index is -4.75. The maximum absolute atomic E-state index is 11.8. The second kappa shape index (κ2) is 4.97. The number of halogens is 4. The number of hydrogen-bond donors (Lipinski definition) is 1. The molecule has 1 rings (SSSR count). The summed E-state index contributed by atoms with van der Waals surface area (Å²) >= 11 is 0. The molecule has 7 heteroatoms. The molecule has 0 fully saturated rings. The number of hydrogen-bond acceptors (Lipinski definition) is 3. The fourth-order valence-corrected chi connectivity index (χ4v) is 0.916. The van der Waals surface area contributed by atoms with E-state index in [1.807, 2.05) is 0 Å². The largest absolute Gasteiger partial charge is 0.573 e. The number of anilines is 1. The number of methoxy groups -OCH3 is 1. The Morgan fingerprint density at radius 3 is 2.20 bits per heavy atom. The molecule has 0 aliphatic heterocycles. The summed E-state index contributed by atoms with van der Waals surface area (Å²) in [7, 11) is 1.31. The number of nitrogens with two attached hydrogens (primary N) is 1. The zero-order valence-electron chi connectivity index (χ0n) is 7.67. The monoisotopic (exact) mass is 243 g/mol. The second-order valence-electron chi connectivity index (χ2n) is 2.42. The normalized spacial score (nSPS) is 10.4. The third-order valence-corrected chi connectivity index (χ3v) is 1.47. The lowest BCUT2D eigenvalue weighted by atomic mass is 10.3. The highest BCUT2D eigenvalue weighted by molar-refractivity contribution is 5.85. The van der Waals surface area contributed by atoms with Gasteiger partial charge in [-0.25, -0.2) is 0 Å². The van der Waals surface area contributed by atoms with Crippen LogP contribution in [0, 0.1) is 0 Å². The van der Waals surface area contributed by atoms with Gasteiger partial charge in [-0.15, -0.1) is 25.6 Å². The molecule has 86 valence electrons. The molecule has 2 N–H and O–H groups in total. The molecule has 0 aromatic heterocycles. The van der Waals surface area contributed by atoms with Crippen LogP contribution in [-0.4, -0.2) is 13.5 Å². The summed E-state index contributed by atoms with van der Waals surface area (Å²) in [6, 6.07) is 3.92. The van der Waals surface area contributed by atoms with Gasteiger partial charge in [-0.2, -0.15) is 0 Å². The highest BCUT2D eigenvalue weighted by Gasteiger charge is 2.32. The predicted octanol–water partition coefficient (Wildman–Crippen LogP) is 2.60. The molecule has 0 heterocycles. The fourth-order valence-electron chi connectivity index (χ4n) is 0.916. The number of ether oxygens (including phenoxy) is 2. The van der Waals surface area contributed by atoms with Crippen molar-refractivity contribution in [1.29, 1.82) is 0 Å². The lowest BCUT2D eigenvalue weighted by molar-refractivity contribution is -0.274. The van der Waals surface area contributed by atoms with Crippen LogP contribution in [0.3, 0.4) is 0 Å². The molecule has 0 aliphatic rings. The molecular formula is C8H9ClF3NO2. The van der Waals surface area contributed by atoms with Crippen LogP contribution in [0.25, 0.3) is 0 Å². The average molecular weight is 244 g/mol. The first-order valence-corrected chi connectivity index (χ1v) is 3.62. The van der Waals surface area contributed by atoms with Crippen molar-refractivity contribution >= 4 is 18.1 Å². The number of rotatable bonds is 2. The van der Waals surface area contributed by atoms with Crippen molar-refractivity contribution < 1.29 is 22.6 Å². The first-order chi connectivity index (χ1) is 6.44. The smallest absolute Gasteiger partial charge is 0.494 e. The van der Waals surface area contributed by atoms with E-state index in [2.05, 4.69) is 4.74 Å². The second-order valence-corrected chi connectivity index (χ2v) is 2.42. The molecule has 0 saturated carbocycles. The van der Waals surface area contributed by atoms with Crippen LogP contribution in [0.2, 0.25) is 0 Å². The molecule has 0 radical (unpaired) electrons. The van der Waals surface area contributed by atoms with Crippen molar-refractivity contribution in [3.8, 4) is 11.5 Å². The van der Waals surface area contributed by atoms with E-state index in [9.17, 15) is 13.2 Å². The summed E-state index contributed by atoms with van der Waals surface area (Å²) in [4.78, 5) is 0. The minimum absolute atomic E-state index is 0. The van der Waals surface area contributed by atoms with Gasteiger partial charge < -0.3 is 15.2 Å². The first-order valence-electron chi connectivity index (χ1n) is 3.62. The zero-order valence-corrected chi connectivity index (χ0v) is 8.48. The van der Waals surface area contributed by atoms with Crippen LogP contribution < -0.4 is 15.2 Å². The van der Waals surface area contributed by atoms with Crippen molar-refractivity contribution in [2.24, 2.45) is 0 Å². The Morgan fingerprint density at radius 1 is 1.20 bits per heavy atom. The molecule has 0 spiro atoms. The van der Waals surface area contributed by atoms with Gasteiger partial charge in [0, 0.05) is 0 Å². The van der Waals surface area contributed by atoms with Gasteiger partial charge in [-0.3, -0.25) is 0 Å². The van der Waals surface area contributed by atoms with E-state index in [0.29, 0.717) is 0 Å². The van der Waals surface area contributed by atoms with Gasteiger partial charge in [-0.1, -0.05) is 6.07 Å². The molecule has 1 aromatic rings. The first kappa shape index (κ1) is 13.7. The van der Waals surface area contributed by atoms with E-state index in [4.69, 9.17) is 10.5 Å². The Morgan fingerprint density at radius 2 is 1.73 bits per heavy atom. The van der Waals surface area contributed by atoms with Gasteiger partial charge in [0.25, 0.3) is 0 Å². The Balaban J connectivity index is 0.00000196. The van der Waals surface area contributed by atoms with E-state index in [-0.39, 0.29) is 23.8 Å². The lowest BCUT2D eigenvalue weighted by Crippen LogP contribution is -2.18. The van der Waals surface area contributed by atoms with Crippen LogP contribution >= 0.6 is 12.4 Å². The van der Waals surface area contributed by atoms with Crippen LogP contribution in [0.5, 0.6) is 11.5 Å². The van der Waals surface area contributed by atoms with Gasteiger partial charge in [-0.05, 0) is 12.1 Å². The molecule has 0 bridgehead atoms. The van der Waals surface area contributed by atoms with Gasteiger partial charge in [0.15, 0.2) is 5.75 Å². The van der Waals surface area contributed by atoms with Crippen molar-refractivity contribution in [2.45, 2.75) is 6.36 Å². The number of para-hydroxylation sites is 1.